The SMILES string of the molecule is Cc1cc(=O)oc2c(C)c3c(cc12)CN(CCc1ccccc1F)CO3. The molecule has 0 bridgehead atoms. The highest BCUT2D eigenvalue weighted by atomic mass is 19.1. The van der Waals surface area contributed by atoms with Gasteiger partial charge in [0.2, 0.25) is 0 Å². The highest BCUT2D eigenvalue weighted by Crippen LogP contribution is 2.35. The van der Waals surface area contributed by atoms with E-state index >= 15 is 0 Å². The topological polar surface area (TPSA) is 42.7 Å². The molecule has 0 unspecified atom stereocenters. The van der Waals surface area contributed by atoms with Gasteiger partial charge in [-0.15, -0.1) is 0 Å². The number of hydrogen-bond acceptors (Lipinski definition) is 4. The molecule has 3 aromatic rings. The molecule has 0 spiro atoms. The van der Waals surface area contributed by atoms with Gasteiger partial charge in [0, 0.05) is 35.7 Å². The summed E-state index contributed by atoms with van der Waals surface area (Å²) in [6.07, 6.45) is 0.631. The van der Waals surface area contributed by atoms with E-state index in [0.29, 0.717) is 30.8 Å². The van der Waals surface area contributed by atoms with Crippen molar-refractivity contribution in [3.8, 4) is 5.75 Å². The molecule has 0 aliphatic carbocycles. The van der Waals surface area contributed by atoms with Crippen molar-refractivity contribution in [2.75, 3.05) is 13.3 Å². The van der Waals surface area contributed by atoms with E-state index in [0.717, 1.165) is 34.4 Å². The fraction of sp³-hybridized carbons (Fsp3) is 0.286. The minimum Gasteiger partial charge on any atom is -0.477 e. The molecule has 26 heavy (non-hydrogen) atoms. The predicted octanol–water partition coefficient (Wildman–Crippen LogP) is 3.94. The predicted molar refractivity (Wildman–Crippen MR) is 98.0 cm³/mol. The van der Waals surface area contributed by atoms with Crippen LogP contribution >= 0.6 is 0 Å². The molecular formula is C21H20FNO3. The number of ether oxygens (including phenoxy) is 1. The second-order valence-electron chi connectivity index (χ2n) is 6.78. The lowest BCUT2D eigenvalue weighted by atomic mass is 10.0. The monoisotopic (exact) mass is 353 g/mol. The van der Waals surface area contributed by atoms with E-state index < -0.39 is 0 Å². The lowest BCUT2D eigenvalue weighted by Crippen LogP contribution is -2.34. The molecule has 0 N–H and O–H groups in total. The molecular weight excluding hydrogens is 333 g/mol. The van der Waals surface area contributed by atoms with Crippen LogP contribution in [0.25, 0.3) is 11.0 Å². The summed E-state index contributed by atoms with van der Waals surface area (Å²) in [5.74, 6) is 0.617. The van der Waals surface area contributed by atoms with Gasteiger partial charge < -0.3 is 9.15 Å². The first-order valence-electron chi connectivity index (χ1n) is 8.68. The number of aryl methyl sites for hydroxylation is 2. The van der Waals surface area contributed by atoms with Crippen LogP contribution in [-0.4, -0.2) is 18.2 Å². The van der Waals surface area contributed by atoms with E-state index in [1.165, 1.54) is 12.1 Å². The molecule has 4 rings (SSSR count). The summed E-state index contributed by atoms with van der Waals surface area (Å²) in [4.78, 5) is 13.8. The van der Waals surface area contributed by atoms with Gasteiger partial charge >= 0.3 is 5.63 Å². The zero-order valence-corrected chi connectivity index (χ0v) is 14.8. The fourth-order valence-corrected chi connectivity index (χ4v) is 3.54. The van der Waals surface area contributed by atoms with Crippen LogP contribution in [0, 0.1) is 19.7 Å². The Bertz CT molecular complexity index is 1040. The second-order valence-corrected chi connectivity index (χ2v) is 6.78. The van der Waals surface area contributed by atoms with Crippen molar-refractivity contribution in [3.05, 3.63) is 74.9 Å². The van der Waals surface area contributed by atoms with Crippen LogP contribution in [0.3, 0.4) is 0 Å². The van der Waals surface area contributed by atoms with Crippen molar-refractivity contribution < 1.29 is 13.5 Å². The summed E-state index contributed by atoms with van der Waals surface area (Å²) in [6.45, 7) is 5.69. The normalized spacial score (nSPS) is 14.3. The van der Waals surface area contributed by atoms with Gasteiger partial charge in [-0.05, 0) is 43.5 Å². The van der Waals surface area contributed by atoms with Crippen molar-refractivity contribution in [2.45, 2.75) is 26.8 Å². The van der Waals surface area contributed by atoms with E-state index in [9.17, 15) is 9.18 Å². The zero-order chi connectivity index (χ0) is 18.3. The maximum atomic E-state index is 13.8. The Morgan fingerprint density at radius 3 is 2.81 bits per heavy atom. The third kappa shape index (κ3) is 2.99. The molecule has 1 aromatic heterocycles. The molecule has 134 valence electrons. The Hall–Kier alpha value is -2.66. The van der Waals surface area contributed by atoms with Gasteiger partial charge in [-0.3, -0.25) is 4.90 Å². The van der Waals surface area contributed by atoms with Crippen molar-refractivity contribution in [2.24, 2.45) is 0 Å². The Morgan fingerprint density at radius 1 is 1.19 bits per heavy atom. The Morgan fingerprint density at radius 2 is 2.00 bits per heavy atom. The van der Waals surface area contributed by atoms with Crippen LogP contribution in [0.4, 0.5) is 4.39 Å². The third-order valence-corrected chi connectivity index (χ3v) is 4.94. The van der Waals surface area contributed by atoms with Gasteiger partial charge in [-0.2, -0.15) is 0 Å². The summed E-state index contributed by atoms with van der Waals surface area (Å²) in [5, 5.41) is 0.931. The lowest BCUT2D eigenvalue weighted by molar-refractivity contribution is 0.0957. The van der Waals surface area contributed by atoms with Crippen LogP contribution in [0.5, 0.6) is 5.75 Å². The smallest absolute Gasteiger partial charge is 0.336 e. The van der Waals surface area contributed by atoms with Crippen LogP contribution in [-0.2, 0) is 13.0 Å². The highest BCUT2D eigenvalue weighted by Gasteiger charge is 2.22. The Labute approximate surface area is 150 Å². The molecule has 0 amide bonds. The largest absolute Gasteiger partial charge is 0.477 e. The highest BCUT2D eigenvalue weighted by molar-refractivity contribution is 5.86. The minimum atomic E-state index is -0.347. The maximum Gasteiger partial charge on any atom is 0.336 e. The first-order valence-corrected chi connectivity index (χ1v) is 8.68. The maximum absolute atomic E-state index is 13.8. The van der Waals surface area contributed by atoms with Crippen LogP contribution in [0.15, 0.2) is 45.6 Å². The minimum absolute atomic E-state index is 0.168. The number of nitrogens with zero attached hydrogens (tertiary/aromatic N) is 1. The lowest BCUT2D eigenvalue weighted by Gasteiger charge is -2.30. The molecule has 0 saturated carbocycles. The second kappa shape index (κ2) is 6.57. The van der Waals surface area contributed by atoms with Gasteiger partial charge in [-0.1, -0.05) is 18.2 Å². The number of rotatable bonds is 3. The molecule has 1 aliphatic rings. The van der Waals surface area contributed by atoms with Crippen molar-refractivity contribution in [3.63, 3.8) is 0 Å². The Kier molecular flexibility index (Phi) is 4.24. The van der Waals surface area contributed by atoms with Gasteiger partial charge in [0.15, 0.2) is 0 Å². The van der Waals surface area contributed by atoms with Crippen LogP contribution in [0.1, 0.15) is 22.3 Å². The molecule has 2 heterocycles. The molecule has 0 fully saturated rings. The zero-order valence-electron chi connectivity index (χ0n) is 14.8. The fourth-order valence-electron chi connectivity index (χ4n) is 3.54. The van der Waals surface area contributed by atoms with Gasteiger partial charge in [0.1, 0.15) is 23.9 Å². The average molecular weight is 353 g/mol. The van der Waals surface area contributed by atoms with E-state index in [2.05, 4.69) is 4.90 Å². The first-order chi connectivity index (χ1) is 12.5. The van der Waals surface area contributed by atoms with E-state index in [1.54, 1.807) is 6.07 Å². The molecule has 4 nitrogen and oxygen atoms in total. The van der Waals surface area contributed by atoms with Crippen molar-refractivity contribution >= 4 is 11.0 Å². The van der Waals surface area contributed by atoms with Gasteiger partial charge in [0.25, 0.3) is 0 Å². The molecule has 5 heteroatoms. The summed E-state index contributed by atoms with van der Waals surface area (Å²) in [7, 11) is 0. The van der Waals surface area contributed by atoms with Gasteiger partial charge in [0.05, 0.1) is 0 Å². The summed E-state index contributed by atoms with van der Waals surface area (Å²) >= 11 is 0. The number of fused-ring (bicyclic) bond motifs is 2. The van der Waals surface area contributed by atoms with E-state index in [4.69, 9.17) is 9.15 Å². The summed E-state index contributed by atoms with van der Waals surface area (Å²) in [5.41, 5.74) is 3.77. The molecule has 0 radical (unpaired) electrons. The first kappa shape index (κ1) is 16.8. The quantitative estimate of drug-likeness (QED) is 0.669. The molecule has 0 saturated heterocycles. The van der Waals surface area contributed by atoms with Crippen LogP contribution in [0.2, 0.25) is 0 Å². The molecule has 2 aromatic carbocycles. The number of benzene rings is 2. The van der Waals surface area contributed by atoms with E-state index in [1.807, 2.05) is 32.0 Å². The molecule has 0 atom stereocenters. The average Bonchev–Trinajstić information content (AvgIpc) is 2.62. The number of halogens is 1. The van der Waals surface area contributed by atoms with Gasteiger partial charge in [-0.25, -0.2) is 9.18 Å². The van der Waals surface area contributed by atoms with E-state index in [-0.39, 0.29) is 11.4 Å². The van der Waals surface area contributed by atoms with Crippen molar-refractivity contribution in [1.29, 1.82) is 0 Å². The standard InChI is InChI=1S/C21H20FNO3/c1-13-9-19(24)26-21-14(2)20-16(10-17(13)21)11-23(12-25-20)8-7-15-5-3-4-6-18(15)22/h3-6,9-10H,7-8,11-12H2,1-2H3. The molecule has 1 aliphatic heterocycles. The van der Waals surface area contributed by atoms with Crippen molar-refractivity contribution in [1.82, 2.24) is 4.90 Å². The third-order valence-electron chi connectivity index (χ3n) is 4.94. The summed E-state index contributed by atoms with van der Waals surface area (Å²) in [6, 6.07) is 10.4. The number of hydrogen-bond donors (Lipinski definition) is 0. The Balaban J connectivity index is 1.60. The summed E-state index contributed by atoms with van der Waals surface area (Å²) < 4.78 is 25.1. The van der Waals surface area contributed by atoms with Crippen LogP contribution < -0.4 is 10.4 Å².